The van der Waals surface area contributed by atoms with Crippen LogP contribution in [-0.4, -0.2) is 40.8 Å². The maximum atomic E-state index is 12.6. The molecule has 1 aliphatic carbocycles. The molecule has 1 aromatic heterocycles. The van der Waals surface area contributed by atoms with Crippen LogP contribution in [0.3, 0.4) is 0 Å². The molecule has 6 heteroatoms. The highest BCUT2D eigenvalue weighted by atomic mass is 16.4. The first-order valence-corrected chi connectivity index (χ1v) is 10.7. The number of carbonyl (C=O) groups excluding carboxylic acids is 1. The molecule has 0 spiro atoms. The molecule has 1 atom stereocenters. The Bertz CT molecular complexity index is 755. The minimum atomic E-state index is 0.00708. The fourth-order valence-electron chi connectivity index (χ4n) is 4.36. The van der Waals surface area contributed by atoms with E-state index >= 15 is 0 Å². The van der Waals surface area contributed by atoms with Gasteiger partial charge in [0.15, 0.2) is 0 Å². The molecular weight excluding hydrogens is 352 g/mol. The monoisotopic (exact) mass is 382 g/mol. The van der Waals surface area contributed by atoms with Gasteiger partial charge in [0.25, 0.3) is 0 Å². The van der Waals surface area contributed by atoms with Gasteiger partial charge < -0.3 is 14.6 Å². The van der Waals surface area contributed by atoms with E-state index in [9.17, 15) is 4.79 Å². The van der Waals surface area contributed by atoms with E-state index < -0.39 is 0 Å². The second kappa shape index (κ2) is 9.22. The number of hydrogen-bond donors (Lipinski definition) is 1. The number of rotatable bonds is 5. The quantitative estimate of drug-likeness (QED) is 0.839. The van der Waals surface area contributed by atoms with Gasteiger partial charge in [-0.2, -0.15) is 0 Å². The van der Waals surface area contributed by atoms with E-state index in [0.29, 0.717) is 24.9 Å². The van der Waals surface area contributed by atoms with Crippen LogP contribution in [0, 0.1) is 0 Å². The minimum Gasteiger partial charge on any atom is -0.425 e. The van der Waals surface area contributed by atoms with Gasteiger partial charge in [-0.25, -0.2) is 4.79 Å². The van der Waals surface area contributed by atoms with Crippen LogP contribution in [0.5, 0.6) is 0 Å². The van der Waals surface area contributed by atoms with E-state index in [1.165, 1.54) is 24.8 Å². The molecule has 1 aromatic carbocycles. The van der Waals surface area contributed by atoms with Crippen molar-refractivity contribution in [1.29, 1.82) is 0 Å². The molecule has 150 valence electrons. The Morgan fingerprint density at radius 3 is 2.50 bits per heavy atom. The van der Waals surface area contributed by atoms with Crippen LogP contribution < -0.4 is 5.32 Å². The molecule has 2 aliphatic rings. The molecule has 2 aromatic rings. The van der Waals surface area contributed by atoms with E-state index in [2.05, 4.69) is 27.6 Å². The Morgan fingerprint density at radius 1 is 1.00 bits per heavy atom. The zero-order chi connectivity index (χ0) is 19.2. The average molecular weight is 383 g/mol. The summed E-state index contributed by atoms with van der Waals surface area (Å²) in [6.07, 6.45) is 8.95. The SMILES string of the molecule is O=C(NCCc1ccccc1)N1CCCC(c2nnc(C3CCCCC3)o2)C1. The van der Waals surface area contributed by atoms with E-state index in [-0.39, 0.29) is 11.9 Å². The highest BCUT2D eigenvalue weighted by Crippen LogP contribution is 2.33. The largest absolute Gasteiger partial charge is 0.425 e. The van der Waals surface area contributed by atoms with Gasteiger partial charge in [-0.3, -0.25) is 0 Å². The van der Waals surface area contributed by atoms with Crippen LogP contribution in [0.25, 0.3) is 0 Å². The number of urea groups is 1. The molecule has 1 aliphatic heterocycles. The van der Waals surface area contributed by atoms with Crippen molar-refractivity contribution in [3.05, 3.63) is 47.7 Å². The number of amides is 2. The fourth-order valence-corrected chi connectivity index (χ4v) is 4.36. The number of nitrogens with zero attached hydrogens (tertiary/aromatic N) is 3. The van der Waals surface area contributed by atoms with Crippen LogP contribution in [0.15, 0.2) is 34.7 Å². The predicted octanol–water partition coefficient (Wildman–Crippen LogP) is 4.25. The van der Waals surface area contributed by atoms with Gasteiger partial charge in [0.1, 0.15) is 0 Å². The Morgan fingerprint density at radius 2 is 1.71 bits per heavy atom. The molecule has 1 saturated carbocycles. The lowest BCUT2D eigenvalue weighted by atomic mass is 9.89. The summed E-state index contributed by atoms with van der Waals surface area (Å²) in [7, 11) is 0. The summed E-state index contributed by atoms with van der Waals surface area (Å²) in [5.74, 6) is 2.09. The van der Waals surface area contributed by atoms with Gasteiger partial charge in [0, 0.05) is 25.6 Å². The summed E-state index contributed by atoms with van der Waals surface area (Å²) in [6, 6.07) is 10.2. The zero-order valence-corrected chi connectivity index (χ0v) is 16.5. The van der Waals surface area contributed by atoms with Crippen LogP contribution in [-0.2, 0) is 6.42 Å². The van der Waals surface area contributed by atoms with Crippen LogP contribution in [0.1, 0.15) is 74.1 Å². The van der Waals surface area contributed by atoms with Crippen molar-refractivity contribution < 1.29 is 9.21 Å². The van der Waals surface area contributed by atoms with Gasteiger partial charge in [0.2, 0.25) is 11.8 Å². The van der Waals surface area contributed by atoms with Crippen LogP contribution in [0.4, 0.5) is 4.79 Å². The standard InChI is InChI=1S/C22H30N4O2/c27-22(23-14-13-17-8-3-1-4-9-17)26-15-7-12-19(16-26)21-25-24-20(28-21)18-10-5-2-6-11-18/h1,3-4,8-9,18-19H,2,5-7,10-16H2,(H,23,27). The minimum absolute atomic E-state index is 0.00708. The van der Waals surface area contributed by atoms with Gasteiger partial charge in [-0.1, -0.05) is 49.6 Å². The van der Waals surface area contributed by atoms with E-state index in [1.807, 2.05) is 23.1 Å². The zero-order valence-electron chi connectivity index (χ0n) is 16.5. The van der Waals surface area contributed by atoms with Gasteiger partial charge in [-0.05, 0) is 37.7 Å². The smallest absolute Gasteiger partial charge is 0.317 e. The fraction of sp³-hybridized carbons (Fsp3) is 0.591. The molecule has 4 rings (SSSR count). The van der Waals surface area contributed by atoms with Gasteiger partial charge >= 0.3 is 6.03 Å². The van der Waals surface area contributed by atoms with E-state index in [0.717, 1.165) is 44.5 Å². The highest BCUT2D eigenvalue weighted by Gasteiger charge is 2.29. The average Bonchev–Trinajstić information content (AvgIpc) is 3.26. The lowest BCUT2D eigenvalue weighted by Gasteiger charge is -2.31. The second-order valence-electron chi connectivity index (χ2n) is 8.07. The maximum Gasteiger partial charge on any atom is 0.317 e. The number of nitrogens with one attached hydrogen (secondary N) is 1. The van der Waals surface area contributed by atoms with Crippen molar-refractivity contribution in [1.82, 2.24) is 20.4 Å². The number of aromatic nitrogens is 2. The highest BCUT2D eigenvalue weighted by molar-refractivity contribution is 5.74. The summed E-state index contributed by atoms with van der Waals surface area (Å²) >= 11 is 0. The van der Waals surface area contributed by atoms with Crippen LogP contribution >= 0.6 is 0 Å². The normalized spacial score (nSPS) is 20.9. The van der Waals surface area contributed by atoms with Crippen molar-refractivity contribution in [3.63, 3.8) is 0 Å². The van der Waals surface area contributed by atoms with Gasteiger partial charge in [0.05, 0.1) is 5.92 Å². The third-order valence-corrected chi connectivity index (χ3v) is 6.00. The molecule has 2 heterocycles. The molecule has 28 heavy (non-hydrogen) atoms. The Kier molecular flexibility index (Phi) is 6.24. The Hall–Kier alpha value is -2.37. The topological polar surface area (TPSA) is 71.3 Å². The number of piperidine rings is 1. The lowest BCUT2D eigenvalue weighted by molar-refractivity contribution is 0.173. The summed E-state index contributed by atoms with van der Waals surface area (Å²) in [4.78, 5) is 14.5. The number of benzene rings is 1. The number of likely N-dealkylation sites (tertiary alicyclic amines) is 1. The van der Waals surface area contributed by atoms with E-state index in [4.69, 9.17) is 4.42 Å². The summed E-state index contributed by atoms with van der Waals surface area (Å²) in [5, 5.41) is 11.7. The third-order valence-electron chi connectivity index (χ3n) is 6.00. The third kappa shape index (κ3) is 4.72. The van der Waals surface area contributed by atoms with Crippen molar-refractivity contribution in [2.75, 3.05) is 19.6 Å². The molecule has 0 radical (unpaired) electrons. The number of hydrogen-bond acceptors (Lipinski definition) is 4. The second-order valence-corrected chi connectivity index (χ2v) is 8.07. The first-order chi connectivity index (χ1) is 13.8. The molecular formula is C22H30N4O2. The molecule has 1 unspecified atom stereocenters. The van der Waals surface area contributed by atoms with Crippen molar-refractivity contribution in [2.24, 2.45) is 0 Å². The number of carbonyl (C=O) groups is 1. The summed E-state index contributed by atoms with van der Waals surface area (Å²) < 4.78 is 6.05. The first kappa shape index (κ1) is 19.0. The molecule has 6 nitrogen and oxygen atoms in total. The maximum absolute atomic E-state index is 12.6. The van der Waals surface area contributed by atoms with Gasteiger partial charge in [-0.15, -0.1) is 10.2 Å². The molecule has 2 amide bonds. The van der Waals surface area contributed by atoms with Crippen LogP contribution in [0.2, 0.25) is 0 Å². The van der Waals surface area contributed by atoms with Crippen molar-refractivity contribution in [3.8, 4) is 0 Å². The summed E-state index contributed by atoms with van der Waals surface area (Å²) in [6.45, 7) is 2.09. The van der Waals surface area contributed by atoms with E-state index in [1.54, 1.807) is 0 Å². The summed E-state index contributed by atoms with van der Waals surface area (Å²) in [5.41, 5.74) is 1.24. The molecule has 2 fully saturated rings. The Labute approximate surface area is 166 Å². The Balaban J connectivity index is 1.29. The molecule has 1 saturated heterocycles. The van der Waals surface area contributed by atoms with Crippen molar-refractivity contribution in [2.45, 2.75) is 63.2 Å². The predicted molar refractivity (Wildman–Crippen MR) is 107 cm³/mol. The lowest BCUT2D eigenvalue weighted by Crippen LogP contribution is -2.45. The first-order valence-electron chi connectivity index (χ1n) is 10.7. The van der Waals surface area contributed by atoms with Crippen molar-refractivity contribution >= 4 is 6.03 Å². The molecule has 1 N–H and O–H groups in total. The molecule has 0 bridgehead atoms.